The maximum atomic E-state index is 5.71. The summed E-state index contributed by atoms with van der Waals surface area (Å²) < 4.78 is 5.60. The predicted molar refractivity (Wildman–Crippen MR) is 78.1 cm³/mol. The van der Waals surface area contributed by atoms with E-state index in [1.807, 2.05) is 38.1 Å². The van der Waals surface area contributed by atoms with Crippen LogP contribution in [0.5, 0.6) is 5.75 Å². The number of anilines is 1. The number of hydrogen-bond acceptors (Lipinski definition) is 3. The first-order valence-electron chi connectivity index (χ1n) is 6.63. The van der Waals surface area contributed by atoms with Crippen molar-refractivity contribution in [1.29, 1.82) is 0 Å². The van der Waals surface area contributed by atoms with E-state index in [2.05, 4.69) is 19.2 Å². The van der Waals surface area contributed by atoms with Gasteiger partial charge in [0.05, 0.1) is 6.10 Å². The minimum absolute atomic E-state index is 0.202. The molecule has 102 valence electrons. The van der Waals surface area contributed by atoms with Gasteiger partial charge in [-0.1, -0.05) is 13.8 Å². The van der Waals surface area contributed by atoms with Gasteiger partial charge in [0.1, 0.15) is 5.75 Å². The molecule has 3 heteroatoms. The summed E-state index contributed by atoms with van der Waals surface area (Å²) in [5.74, 6) is 0.915. The van der Waals surface area contributed by atoms with Gasteiger partial charge in [-0.2, -0.15) is 0 Å². The summed E-state index contributed by atoms with van der Waals surface area (Å²) in [7, 11) is 0. The molecular weight excluding hydrogens is 224 g/mol. The SMILES string of the molecule is CC(C)Oc1ccc(NCCC(C)(C)CN)cc1. The Bertz CT molecular complexity index is 344. The number of hydrogen-bond donors (Lipinski definition) is 2. The summed E-state index contributed by atoms with van der Waals surface area (Å²) in [6.45, 7) is 10.1. The van der Waals surface area contributed by atoms with Crippen molar-refractivity contribution in [3.8, 4) is 5.75 Å². The second-order valence-electron chi connectivity index (χ2n) is 5.74. The Kier molecular flexibility index (Phi) is 5.48. The van der Waals surface area contributed by atoms with E-state index in [1.54, 1.807) is 0 Å². The topological polar surface area (TPSA) is 47.3 Å². The van der Waals surface area contributed by atoms with E-state index in [1.165, 1.54) is 0 Å². The Morgan fingerprint density at radius 1 is 1.22 bits per heavy atom. The summed E-state index contributed by atoms with van der Waals surface area (Å²) in [6.07, 6.45) is 1.28. The van der Waals surface area contributed by atoms with Crippen LogP contribution in [-0.4, -0.2) is 19.2 Å². The molecule has 0 atom stereocenters. The van der Waals surface area contributed by atoms with Gasteiger partial charge in [-0.3, -0.25) is 0 Å². The second kappa shape index (κ2) is 6.64. The molecule has 1 aromatic rings. The number of nitrogens with one attached hydrogen (secondary N) is 1. The van der Waals surface area contributed by atoms with Gasteiger partial charge in [0.15, 0.2) is 0 Å². The van der Waals surface area contributed by atoms with E-state index < -0.39 is 0 Å². The molecule has 1 rings (SSSR count). The van der Waals surface area contributed by atoms with Crippen molar-refractivity contribution in [1.82, 2.24) is 0 Å². The highest BCUT2D eigenvalue weighted by Crippen LogP contribution is 2.20. The summed E-state index contributed by atoms with van der Waals surface area (Å²) in [5, 5.41) is 3.40. The molecule has 0 saturated carbocycles. The lowest BCUT2D eigenvalue weighted by Gasteiger charge is -2.22. The fourth-order valence-electron chi connectivity index (χ4n) is 1.57. The van der Waals surface area contributed by atoms with Crippen molar-refractivity contribution in [3.63, 3.8) is 0 Å². The Morgan fingerprint density at radius 3 is 2.33 bits per heavy atom. The van der Waals surface area contributed by atoms with Crippen molar-refractivity contribution in [2.24, 2.45) is 11.1 Å². The van der Waals surface area contributed by atoms with Crippen molar-refractivity contribution in [2.75, 3.05) is 18.4 Å². The summed E-state index contributed by atoms with van der Waals surface area (Å²) in [5.41, 5.74) is 7.03. The third-order valence-electron chi connectivity index (χ3n) is 2.91. The highest BCUT2D eigenvalue weighted by Gasteiger charge is 2.14. The van der Waals surface area contributed by atoms with Crippen molar-refractivity contribution in [3.05, 3.63) is 24.3 Å². The van der Waals surface area contributed by atoms with Gasteiger partial charge in [-0.05, 0) is 56.5 Å². The molecule has 0 amide bonds. The van der Waals surface area contributed by atoms with E-state index in [0.29, 0.717) is 0 Å². The van der Waals surface area contributed by atoms with Crippen molar-refractivity contribution < 1.29 is 4.74 Å². The van der Waals surface area contributed by atoms with Crippen LogP contribution in [0.3, 0.4) is 0 Å². The molecule has 0 bridgehead atoms. The van der Waals surface area contributed by atoms with Crippen molar-refractivity contribution in [2.45, 2.75) is 40.2 Å². The lowest BCUT2D eigenvalue weighted by atomic mass is 9.90. The third kappa shape index (κ3) is 5.41. The number of rotatable bonds is 7. The van der Waals surface area contributed by atoms with Crippen LogP contribution in [-0.2, 0) is 0 Å². The molecular formula is C15H26N2O. The standard InChI is InChI=1S/C15H26N2O/c1-12(2)18-14-7-5-13(6-8-14)17-10-9-15(3,4)11-16/h5-8,12,17H,9-11,16H2,1-4H3. The van der Waals surface area contributed by atoms with Crippen LogP contribution < -0.4 is 15.8 Å². The molecule has 0 unspecified atom stereocenters. The zero-order chi connectivity index (χ0) is 13.6. The third-order valence-corrected chi connectivity index (χ3v) is 2.91. The fraction of sp³-hybridized carbons (Fsp3) is 0.600. The van der Waals surface area contributed by atoms with Crippen LogP contribution in [0, 0.1) is 5.41 Å². The van der Waals surface area contributed by atoms with Crippen LogP contribution >= 0.6 is 0 Å². The average Bonchev–Trinajstić information content (AvgIpc) is 2.30. The first kappa shape index (κ1) is 14.8. The van der Waals surface area contributed by atoms with E-state index in [4.69, 9.17) is 10.5 Å². The molecule has 0 spiro atoms. The van der Waals surface area contributed by atoms with Gasteiger partial charge < -0.3 is 15.8 Å². The first-order chi connectivity index (χ1) is 8.43. The number of nitrogens with two attached hydrogens (primary N) is 1. The van der Waals surface area contributed by atoms with E-state index >= 15 is 0 Å². The molecule has 3 N–H and O–H groups in total. The van der Waals surface area contributed by atoms with Gasteiger partial charge in [-0.25, -0.2) is 0 Å². The molecule has 0 aliphatic rings. The second-order valence-corrected chi connectivity index (χ2v) is 5.74. The Labute approximate surface area is 111 Å². The van der Waals surface area contributed by atoms with Crippen LogP contribution in [0.15, 0.2) is 24.3 Å². The molecule has 3 nitrogen and oxygen atoms in total. The summed E-state index contributed by atoms with van der Waals surface area (Å²) in [4.78, 5) is 0. The Balaban J connectivity index is 2.40. The Morgan fingerprint density at radius 2 is 1.83 bits per heavy atom. The van der Waals surface area contributed by atoms with Crippen LogP contribution in [0.25, 0.3) is 0 Å². The van der Waals surface area contributed by atoms with Crippen molar-refractivity contribution >= 4 is 5.69 Å². The van der Waals surface area contributed by atoms with Gasteiger partial charge >= 0.3 is 0 Å². The van der Waals surface area contributed by atoms with Gasteiger partial charge in [0, 0.05) is 12.2 Å². The molecule has 0 saturated heterocycles. The highest BCUT2D eigenvalue weighted by atomic mass is 16.5. The quantitative estimate of drug-likeness (QED) is 0.781. The van der Waals surface area contributed by atoms with Crippen LogP contribution in [0.4, 0.5) is 5.69 Å². The molecule has 0 aliphatic heterocycles. The number of benzene rings is 1. The maximum Gasteiger partial charge on any atom is 0.119 e. The van der Waals surface area contributed by atoms with E-state index in [-0.39, 0.29) is 11.5 Å². The molecule has 18 heavy (non-hydrogen) atoms. The van der Waals surface area contributed by atoms with Crippen LogP contribution in [0.2, 0.25) is 0 Å². The lowest BCUT2D eigenvalue weighted by molar-refractivity contribution is 0.242. The lowest BCUT2D eigenvalue weighted by Crippen LogP contribution is -2.26. The minimum Gasteiger partial charge on any atom is -0.491 e. The Hall–Kier alpha value is -1.22. The first-order valence-corrected chi connectivity index (χ1v) is 6.63. The van der Waals surface area contributed by atoms with Gasteiger partial charge in [0.25, 0.3) is 0 Å². The molecule has 0 fully saturated rings. The number of ether oxygens (including phenoxy) is 1. The average molecular weight is 250 g/mol. The predicted octanol–water partition coefficient (Wildman–Crippen LogP) is 3.26. The minimum atomic E-state index is 0.202. The molecule has 1 aromatic carbocycles. The van der Waals surface area contributed by atoms with E-state index in [0.717, 1.165) is 30.9 Å². The molecule has 0 radical (unpaired) electrons. The summed E-state index contributed by atoms with van der Waals surface area (Å²) in [6, 6.07) is 8.09. The molecule has 0 heterocycles. The smallest absolute Gasteiger partial charge is 0.119 e. The van der Waals surface area contributed by atoms with Gasteiger partial charge in [-0.15, -0.1) is 0 Å². The monoisotopic (exact) mass is 250 g/mol. The normalized spacial score (nSPS) is 11.7. The molecule has 0 aliphatic carbocycles. The van der Waals surface area contributed by atoms with Crippen LogP contribution in [0.1, 0.15) is 34.1 Å². The van der Waals surface area contributed by atoms with E-state index in [9.17, 15) is 0 Å². The maximum absolute atomic E-state index is 5.71. The zero-order valence-corrected chi connectivity index (χ0v) is 12.0. The van der Waals surface area contributed by atoms with Gasteiger partial charge in [0.2, 0.25) is 0 Å². The highest BCUT2D eigenvalue weighted by molar-refractivity contribution is 5.46. The zero-order valence-electron chi connectivity index (χ0n) is 12.0. The molecule has 0 aromatic heterocycles. The largest absolute Gasteiger partial charge is 0.491 e. The fourth-order valence-corrected chi connectivity index (χ4v) is 1.57. The summed E-state index contributed by atoms with van der Waals surface area (Å²) >= 11 is 0.